The maximum absolute atomic E-state index is 14.9. The predicted octanol–water partition coefficient (Wildman–Crippen LogP) is 6.05. The average molecular weight is 577 g/mol. The maximum atomic E-state index is 14.9. The van der Waals surface area contributed by atoms with E-state index in [4.69, 9.17) is 9.47 Å². The van der Waals surface area contributed by atoms with Gasteiger partial charge in [0.05, 0.1) is 54.3 Å². The van der Waals surface area contributed by atoms with E-state index in [0.717, 1.165) is 30.0 Å². The number of hydrogen-bond donors (Lipinski definition) is 2. The highest BCUT2D eigenvalue weighted by Crippen LogP contribution is 2.62. The number of H-pyrrole nitrogens is 1. The SMILES string of the molecule is COc1cccc(OC)c1-c1cc(C(=O)N(c2ccc(C#N)c3ccccc23)C23CC4CC(CC(C4)C2C(=O)O)C3)n[nH]1. The Hall–Kier alpha value is -4.84. The van der Waals surface area contributed by atoms with Crippen LogP contribution in [0.25, 0.3) is 22.0 Å². The van der Waals surface area contributed by atoms with Crippen LogP contribution in [0.3, 0.4) is 0 Å². The first kappa shape index (κ1) is 27.0. The number of fused-ring (bicyclic) bond motifs is 1. The number of benzene rings is 3. The number of aliphatic carboxylic acids is 1. The van der Waals surface area contributed by atoms with E-state index in [9.17, 15) is 20.0 Å². The highest BCUT2D eigenvalue weighted by atomic mass is 16.5. The van der Waals surface area contributed by atoms with Gasteiger partial charge >= 0.3 is 5.97 Å². The van der Waals surface area contributed by atoms with Crippen molar-refractivity contribution in [3.63, 3.8) is 0 Å². The number of aromatic nitrogens is 2. The predicted molar refractivity (Wildman–Crippen MR) is 160 cm³/mol. The van der Waals surface area contributed by atoms with Gasteiger partial charge in [0.2, 0.25) is 0 Å². The standard InChI is InChI=1S/C34H32N4O5/c1-42-28-8-5-9-29(43-2)30(28)25-15-26(37-36-25)32(39)38(27-11-10-21(18-35)23-6-3-4-7-24(23)27)34-16-19-12-20(17-34)14-22(13-19)31(34)33(40)41/h3-11,15,19-20,22,31H,12-14,16-17H2,1-2H3,(H,36,37)(H,40,41). The smallest absolute Gasteiger partial charge is 0.309 e. The summed E-state index contributed by atoms with van der Waals surface area (Å²) in [5.74, 6) is -0.0858. The molecule has 1 heterocycles. The van der Waals surface area contributed by atoms with Gasteiger partial charge in [-0.05, 0) is 80.2 Å². The summed E-state index contributed by atoms with van der Waals surface area (Å²) in [6.07, 6.45) is 4.07. The summed E-state index contributed by atoms with van der Waals surface area (Å²) >= 11 is 0. The van der Waals surface area contributed by atoms with Crippen molar-refractivity contribution in [3.8, 4) is 28.8 Å². The number of hydrogen-bond acceptors (Lipinski definition) is 6. The quantitative estimate of drug-likeness (QED) is 0.274. The first-order valence-corrected chi connectivity index (χ1v) is 14.6. The van der Waals surface area contributed by atoms with Gasteiger partial charge in [0.15, 0.2) is 5.69 Å². The Morgan fingerprint density at radius 3 is 2.28 bits per heavy atom. The fraction of sp³-hybridized carbons (Fsp3) is 0.353. The van der Waals surface area contributed by atoms with Crippen LogP contribution in [-0.2, 0) is 4.79 Å². The molecule has 218 valence electrons. The number of nitrogens with one attached hydrogen (secondary N) is 1. The second-order valence-corrected chi connectivity index (χ2v) is 12.2. The first-order valence-electron chi connectivity index (χ1n) is 14.6. The highest BCUT2D eigenvalue weighted by Gasteiger charge is 2.63. The van der Waals surface area contributed by atoms with E-state index in [1.807, 2.05) is 42.5 Å². The monoisotopic (exact) mass is 576 g/mol. The van der Waals surface area contributed by atoms with Gasteiger partial charge in [-0.25, -0.2) is 0 Å². The third-order valence-electron chi connectivity index (χ3n) is 9.94. The molecule has 0 radical (unpaired) electrons. The van der Waals surface area contributed by atoms with Crippen molar-refractivity contribution in [3.05, 3.63) is 71.9 Å². The van der Waals surface area contributed by atoms with Crippen LogP contribution in [0.1, 0.15) is 48.2 Å². The second-order valence-electron chi connectivity index (χ2n) is 12.2. The van der Waals surface area contributed by atoms with Crippen molar-refractivity contribution in [2.45, 2.75) is 37.6 Å². The van der Waals surface area contributed by atoms with Crippen LogP contribution in [0.15, 0.2) is 60.7 Å². The van der Waals surface area contributed by atoms with E-state index in [1.165, 1.54) is 0 Å². The molecule has 3 atom stereocenters. The molecule has 4 fully saturated rings. The van der Waals surface area contributed by atoms with Gasteiger partial charge < -0.3 is 14.6 Å². The van der Waals surface area contributed by atoms with Gasteiger partial charge in [-0.15, -0.1) is 0 Å². The fourth-order valence-electron chi connectivity index (χ4n) is 8.67. The molecule has 0 spiro atoms. The van der Waals surface area contributed by atoms with E-state index < -0.39 is 17.4 Å². The summed E-state index contributed by atoms with van der Waals surface area (Å²) in [4.78, 5) is 29.7. The number of carbonyl (C=O) groups is 2. The van der Waals surface area contributed by atoms with Crippen LogP contribution >= 0.6 is 0 Å². The fourth-order valence-corrected chi connectivity index (χ4v) is 8.67. The van der Waals surface area contributed by atoms with Gasteiger partial charge in [0.25, 0.3) is 5.91 Å². The number of ether oxygens (including phenoxy) is 2. The van der Waals surface area contributed by atoms with Crippen molar-refractivity contribution in [1.82, 2.24) is 10.2 Å². The van der Waals surface area contributed by atoms with Crippen molar-refractivity contribution in [1.29, 1.82) is 5.26 Å². The minimum atomic E-state index is -0.921. The van der Waals surface area contributed by atoms with E-state index in [-0.39, 0.29) is 17.5 Å². The molecule has 3 unspecified atom stereocenters. The zero-order valence-corrected chi connectivity index (χ0v) is 24.0. The lowest BCUT2D eigenvalue weighted by Crippen LogP contribution is -2.68. The van der Waals surface area contributed by atoms with Gasteiger partial charge in [0.1, 0.15) is 11.5 Å². The molecule has 1 amide bonds. The zero-order chi connectivity index (χ0) is 29.9. The Kier molecular flexibility index (Phi) is 6.38. The van der Waals surface area contributed by atoms with E-state index in [1.54, 1.807) is 37.3 Å². The molecular weight excluding hydrogens is 544 g/mol. The average Bonchev–Trinajstić information content (AvgIpc) is 3.50. The molecule has 43 heavy (non-hydrogen) atoms. The molecule has 4 saturated carbocycles. The third-order valence-corrected chi connectivity index (χ3v) is 9.94. The summed E-state index contributed by atoms with van der Waals surface area (Å²) in [7, 11) is 3.13. The lowest BCUT2D eigenvalue weighted by Gasteiger charge is -2.63. The first-order chi connectivity index (χ1) is 20.9. The number of carbonyl (C=O) groups excluding carboxylic acids is 1. The van der Waals surface area contributed by atoms with Crippen LogP contribution in [0.4, 0.5) is 5.69 Å². The number of carboxylic acids is 1. The van der Waals surface area contributed by atoms with Crippen LogP contribution < -0.4 is 14.4 Å². The Morgan fingerprint density at radius 1 is 0.977 bits per heavy atom. The van der Waals surface area contributed by atoms with Crippen molar-refractivity contribution in [2.24, 2.45) is 23.7 Å². The van der Waals surface area contributed by atoms with Crippen LogP contribution in [0.5, 0.6) is 11.5 Å². The second kappa shape index (κ2) is 10.2. The number of anilines is 1. The molecule has 1 aromatic heterocycles. The summed E-state index contributed by atoms with van der Waals surface area (Å²) in [6, 6.07) is 20.4. The molecule has 4 aliphatic rings. The van der Waals surface area contributed by atoms with Crippen LogP contribution in [0.2, 0.25) is 0 Å². The van der Waals surface area contributed by atoms with Crippen molar-refractivity contribution >= 4 is 28.3 Å². The molecule has 4 aliphatic carbocycles. The number of nitriles is 1. The number of amides is 1. The Balaban J connectivity index is 1.43. The van der Waals surface area contributed by atoms with E-state index >= 15 is 0 Å². The maximum Gasteiger partial charge on any atom is 0.309 e. The summed E-state index contributed by atoms with van der Waals surface area (Å²) < 4.78 is 11.2. The summed E-state index contributed by atoms with van der Waals surface area (Å²) in [5.41, 5.74) is 1.52. The zero-order valence-electron chi connectivity index (χ0n) is 24.0. The topological polar surface area (TPSA) is 129 Å². The van der Waals surface area contributed by atoms with Crippen molar-refractivity contribution in [2.75, 3.05) is 19.1 Å². The van der Waals surface area contributed by atoms with E-state index in [0.29, 0.717) is 58.7 Å². The van der Waals surface area contributed by atoms with Gasteiger partial charge in [0, 0.05) is 10.8 Å². The van der Waals surface area contributed by atoms with Crippen molar-refractivity contribution < 1.29 is 24.2 Å². The Bertz CT molecular complexity index is 1770. The molecule has 2 N–H and O–H groups in total. The van der Waals surface area contributed by atoms with Crippen LogP contribution in [0, 0.1) is 35.0 Å². The van der Waals surface area contributed by atoms with Crippen LogP contribution in [-0.4, -0.2) is 46.9 Å². The minimum absolute atomic E-state index is 0.0104. The molecule has 0 aliphatic heterocycles. The lowest BCUT2D eigenvalue weighted by atomic mass is 9.47. The number of nitrogens with zero attached hydrogens (tertiary/aromatic N) is 3. The molecule has 8 rings (SSSR count). The number of carboxylic acid groups (broad SMARTS) is 1. The number of methoxy groups -OCH3 is 2. The van der Waals surface area contributed by atoms with Gasteiger partial charge in [-0.3, -0.25) is 19.6 Å². The Morgan fingerprint density at radius 2 is 1.65 bits per heavy atom. The normalized spacial score (nSPS) is 25.3. The molecule has 0 saturated heterocycles. The Labute approximate surface area is 249 Å². The number of aromatic amines is 1. The molecular formula is C34H32N4O5. The largest absolute Gasteiger partial charge is 0.496 e. The van der Waals surface area contributed by atoms with Gasteiger partial charge in [-0.2, -0.15) is 10.4 Å². The summed E-state index contributed by atoms with van der Waals surface area (Å²) in [6.45, 7) is 0. The molecule has 9 nitrogen and oxygen atoms in total. The van der Waals surface area contributed by atoms with Gasteiger partial charge in [-0.1, -0.05) is 30.3 Å². The minimum Gasteiger partial charge on any atom is -0.496 e. The third kappa shape index (κ3) is 4.08. The molecule has 9 heteroatoms. The molecule has 4 aromatic rings. The molecule has 4 bridgehead atoms. The van der Waals surface area contributed by atoms with E-state index in [2.05, 4.69) is 16.3 Å². The molecule has 3 aromatic carbocycles. The lowest BCUT2D eigenvalue weighted by molar-refractivity contribution is -0.157. The highest BCUT2D eigenvalue weighted by molar-refractivity contribution is 6.12. The number of rotatable bonds is 7. The summed E-state index contributed by atoms with van der Waals surface area (Å²) in [5, 5.41) is 29.5.